The molecule has 1 amide bonds. The molecule has 0 bridgehead atoms. The lowest BCUT2D eigenvalue weighted by atomic mass is 10.1. The Morgan fingerprint density at radius 1 is 1.35 bits per heavy atom. The van der Waals surface area contributed by atoms with Crippen molar-refractivity contribution in [2.75, 3.05) is 13.6 Å². The third kappa shape index (κ3) is 3.51. The van der Waals surface area contributed by atoms with Gasteiger partial charge in [0.25, 0.3) is 5.91 Å². The van der Waals surface area contributed by atoms with Gasteiger partial charge in [0.05, 0.1) is 23.4 Å². The number of amides is 1. The standard InChI is InChI=1S/C11H15N3O3/c1-7-6-9(8(2)13-12-7)11(17)14(3)5-4-10(15)16/h6H,4-5H2,1-3H3,(H,15,16). The van der Waals surface area contributed by atoms with Crippen LogP contribution in [0, 0.1) is 13.8 Å². The molecule has 6 nitrogen and oxygen atoms in total. The smallest absolute Gasteiger partial charge is 0.305 e. The van der Waals surface area contributed by atoms with E-state index in [4.69, 9.17) is 5.11 Å². The Kier molecular flexibility index (Phi) is 4.14. The average Bonchev–Trinajstić information content (AvgIpc) is 2.28. The number of rotatable bonds is 4. The lowest BCUT2D eigenvalue weighted by Crippen LogP contribution is -2.30. The molecule has 0 fully saturated rings. The number of hydrogen-bond donors (Lipinski definition) is 1. The first-order valence-corrected chi connectivity index (χ1v) is 5.20. The molecule has 1 aromatic rings. The second-order valence-corrected chi connectivity index (χ2v) is 3.86. The molecule has 0 aliphatic carbocycles. The first-order valence-electron chi connectivity index (χ1n) is 5.20. The summed E-state index contributed by atoms with van der Waals surface area (Å²) in [5.74, 6) is -1.16. The van der Waals surface area contributed by atoms with E-state index in [-0.39, 0.29) is 18.9 Å². The normalized spacial score (nSPS) is 10.1. The highest BCUT2D eigenvalue weighted by atomic mass is 16.4. The number of carbonyl (C=O) groups excluding carboxylic acids is 1. The summed E-state index contributed by atoms with van der Waals surface area (Å²) in [7, 11) is 1.57. The molecule has 0 saturated heterocycles. The second-order valence-electron chi connectivity index (χ2n) is 3.86. The summed E-state index contributed by atoms with van der Waals surface area (Å²) in [5.41, 5.74) is 1.67. The van der Waals surface area contributed by atoms with Gasteiger partial charge in [-0.25, -0.2) is 0 Å². The van der Waals surface area contributed by atoms with Crippen molar-refractivity contribution in [3.63, 3.8) is 0 Å². The van der Waals surface area contributed by atoms with Gasteiger partial charge in [0.15, 0.2) is 0 Å². The fourth-order valence-corrected chi connectivity index (χ4v) is 1.34. The molecule has 6 heteroatoms. The molecule has 0 aromatic carbocycles. The zero-order valence-electron chi connectivity index (χ0n) is 10.1. The van der Waals surface area contributed by atoms with Crippen LogP contribution in [0.3, 0.4) is 0 Å². The molecule has 1 aromatic heterocycles. The zero-order valence-corrected chi connectivity index (χ0v) is 10.1. The molecular formula is C11H15N3O3. The highest BCUT2D eigenvalue weighted by molar-refractivity contribution is 5.95. The summed E-state index contributed by atoms with van der Waals surface area (Å²) in [6.45, 7) is 3.63. The topological polar surface area (TPSA) is 83.4 Å². The third-order valence-corrected chi connectivity index (χ3v) is 2.34. The Hall–Kier alpha value is -1.98. The molecule has 0 aliphatic rings. The monoisotopic (exact) mass is 237 g/mol. The number of hydrogen-bond acceptors (Lipinski definition) is 4. The fraction of sp³-hybridized carbons (Fsp3) is 0.455. The Morgan fingerprint density at radius 3 is 2.59 bits per heavy atom. The van der Waals surface area contributed by atoms with Crippen LogP contribution in [0.25, 0.3) is 0 Å². The largest absolute Gasteiger partial charge is 0.481 e. The maximum absolute atomic E-state index is 12.0. The molecule has 0 saturated carbocycles. The summed E-state index contributed by atoms with van der Waals surface area (Å²) in [6.07, 6.45) is -0.0707. The van der Waals surface area contributed by atoms with Gasteiger partial charge in [-0.15, -0.1) is 0 Å². The van der Waals surface area contributed by atoms with Crippen molar-refractivity contribution in [3.05, 3.63) is 23.0 Å². The maximum Gasteiger partial charge on any atom is 0.305 e. The predicted octanol–water partition coefficient (Wildman–Crippen LogP) is 0.640. The van der Waals surface area contributed by atoms with Crippen LogP contribution >= 0.6 is 0 Å². The van der Waals surface area contributed by atoms with E-state index in [2.05, 4.69) is 10.2 Å². The number of carboxylic acids is 1. The van der Waals surface area contributed by atoms with Crippen molar-refractivity contribution in [3.8, 4) is 0 Å². The van der Waals surface area contributed by atoms with Gasteiger partial charge in [-0.05, 0) is 19.9 Å². The lowest BCUT2D eigenvalue weighted by molar-refractivity contribution is -0.137. The van der Waals surface area contributed by atoms with Gasteiger partial charge in [0, 0.05) is 13.6 Å². The van der Waals surface area contributed by atoms with Crippen LogP contribution in [0.4, 0.5) is 0 Å². The molecule has 0 spiro atoms. The zero-order chi connectivity index (χ0) is 13.0. The van der Waals surface area contributed by atoms with Crippen LogP contribution in [-0.2, 0) is 4.79 Å². The SMILES string of the molecule is Cc1cc(C(=O)N(C)CCC(=O)O)c(C)nn1. The average molecular weight is 237 g/mol. The molecule has 0 aliphatic heterocycles. The van der Waals surface area contributed by atoms with Crippen LogP contribution < -0.4 is 0 Å². The van der Waals surface area contributed by atoms with E-state index in [9.17, 15) is 9.59 Å². The van der Waals surface area contributed by atoms with Gasteiger partial charge in [0.1, 0.15) is 0 Å². The van der Waals surface area contributed by atoms with Gasteiger partial charge in [-0.3, -0.25) is 9.59 Å². The number of aromatic nitrogens is 2. The Morgan fingerprint density at radius 2 is 2.00 bits per heavy atom. The summed E-state index contributed by atoms with van der Waals surface area (Å²) >= 11 is 0. The first kappa shape index (κ1) is 13.1. The van der Waals surface area contributed by atoms with Crippen LogP contribution in [-0.4, -0.2) is 45.7 Å². The van der Waals surface area contributed by atoms with Crippen LogP contribution in [0.5, 0.6) is 0 Å². The van der Waals surface area contributed by atoms with E-state index < -0.39 is 5.97 Å². The highest BCUT2D eigenvalue weighted by Crippen LogP contribution is 2.08. The van der Waals surface area contributed by atoms with E-state index >= 15 is 0 Å². The van der Waals surface area contributed by atoms with Gasteiger partial charge < -0.3 is 10.0 Å². The van der Waals surface area contributed by atoms with Crippen molar-refractivity contribution in [2.24, 2.45) is 0 Å². The molecule has 0 atom stereocenters. The molecule has 17 heavy (non-hydrogen) atoms. The van der Waals surface area contributed by atoms with E-state index in [1.807, 2.05) is 0 Å². The summed E-state index contributed by atoms with van der Waals surface area (Å²) in [4.78, 5) is 23.8. The van der Waals surface area contributed by atoms with Crippen molar-refractivity contribution in [1.82, 2.24) is 15.1 Å². The van der Waals surface area contributed by atoms with Gasteiger partial charge in [0.2, 0.25) is 0 Å². The molecule has 1 heterocycles. The Balaban J connectivity index is 2.81. The van der Waals surface area contributed by atoms with Crippen LogP contribution in [0.15, 0.2) is 6.07 Å². The number of aliphatic carboxylic acids is 1. The predicted molar refractivity (Wildman–Crippen MR) is 60.7 cm³/mol. The lowest BCUT2D eigenvalue weighted by Gasteiger charge is -2.16. The fourth-order valence-electron chi connectivity index (χ4n) is 1.34. The molecule has 1 N–H and O–H groups in total. The first-order chi connectivity index (χ1) is 7.91. The van der Waals surface area contributed by atoms with E-state index in [0.29, 0.717) is 17.0 Å². The number of aryl methyl sites for hydroxylation is 2. The third-order valence-electron chi connectivity index (χ3n) is 2.34. The minimum absolute atomic E-state index is 0.0707. The van der Waals surface area contributed by atoms with E-state index in [1.54, 1.807) is 27.0 Å². The molecule has 92 valence electrons. The molecule has 0 unspecified atom stereocenters. The van der Waals surface area contributed by atoms with E-state index in [1.165, 1.54) is 4.90 Å². The molecular weight excluding hydrogens is 222 g/mol. The maximum atomic E-state index is 12.0. The van der Waals surface area contributed by atoms with Crippen molar-refractivity contribution >= 4 is 11.9 Å². The van der Waals surface area contributed by atoms with Crippen LogP contribution in [0.2, 0.25) is 0 Å². The van der Waals surface area contributed by atoms with Crippen molar-refractivity contribution < 1.29 is 14.7 Å². The van der Waals surface area contributed by atoms with Gasteiger partial charge in [-0.1, -0.05) is 0 Å². The Labute approximate surface area is 99.3 Å². The minimum atomic E-state index is -0.926. The quantitative estimate of drug-likeness (QED) is 0.830. The second kappa shape index (κ2) is 5.38. The number of carbonyl (C=O) groups is 2. The Bertz CT molecular complexity index is 446. The van der Waals surface area contributed by atoms with Gasteiger partial charge >= 0.3 is 5.97 Å². The molecule has 0 radical (unpaired) electrons. The summed E-state index contributed by atoms with van der Waals surface area (Å²) < 4.78 is 0. The number of carboxylic acid groups (broad SMARTS) is 1. The van der Waals surface area contributed by atoms with Crippen molar-refractivity contribution in [1.29, 1.82) is 0 Å². The number of nitrogens with zero attached hydrogens (tertiary/aromatic N) is 3. The molecule has 1 rings (SSSR count). The summed E-state index contributed by atoms with van der Waals surface area (Å²) in [6, 6.07) is 1.65. The highest BCUT2D eigenvalue weighted by Gasteiger charge is 2.16. The van der Waals surface area contributed by atoms with E-state index in [0.717, 1.165) is 0 Å². The van der Waals surface area contributed by atoms with Gasteiger partial charge in [-0.2, -0.15) is 10.2 Å². The van der Waals surface area contributed by atoms with Crippen molar-refractivity contribution in [2.45, 2.75) is 20.3 Å². The van der Waals surface area contributed by atoms with Crippen LogP contribution in [0.1, 0.15) is 28.2 Å². The minimum Gasteiger partial charge on any atom is -0.481 e. The summed E-state index contributed by atoms with van der Waals surface area (Å²) in [5, 5.41) is 16.3.